The molecule has 3 N–H and O–H groups in total. The molecule has 0 aromatic heterocycles. The standard InChI is InChI=1S/C10H12N2O3/c1-2-15-10(13)8-5-3-4-7(6-8)9(11)12-14/h3-6,14H,2H2,1H3,(H2,11,12). The lowest BCUT2D eigenvalue weighted by molar-refractivity contribution is 0.0526. The van der Waals surface area contributed by atoms with Crippen LogP contribution in [0, 0.1) is 0 Å². The van der Waals surface area contributed by atoms with Crippen LogP contribution in [0.2, 0.25) is 0 Å². The van der Waals surface area contributed by atoms with Crippen LogP contribution in [0.25, 0.3) is 0 Å². The Labute approximate surface area is 87.1 Å². The van der Waals surface area contributed by atoms with E-state index in [1.165, 1.54) is 6.07 Å². The summed E-state index contributed by atoms with van der Waals surface area (Å²) in [6.07, 6.45) is 0. The largest absolute Gasteiger partial charge is 0.462 e. The van der Waals surface area contributed by atoms with Gasteiger partial charge in [0.15, 0.2) is 5.84 Å². The number of carbonyl (C=O) groups is 1. The summed E-state index contributed by atoms with van der Waals surface area (Å²) >= 11 is 0. The number of esters is 1. The molecule has 0 aliphatic heterocycles. The zero-order chi connectivity index (χ0) is 11.3. The quantitative estimate of drug-likeness (QED) is 0.255. The Bertz CT molecular complexity index is 388. The van der Waals surface area contributed by atoms with Gasteiger partial charge in [-0.2, -0.15) is 0 Å². The van der Waals surface area contributed by atoms with Gasteiger partial charge in [-0.05, 0) is 19.1 Å². The number of oxime groups is 1. The monoisotopic (exact) mass is 208 g/mol. The number of ether oxygens (including phenoxy) is 1. The molecule has 0 atom stereocenters. The fourth-order valence-electron chi connectivity index (χ4n) is 1.08. The molecule has 1 rings (SSSR count). The predicted octanol–water partition coefficient (Wildman–Crippen LogP) is 0.958. The van der Waals surface area contributed by atoms with Crippen molar-refractivity contribution in [2.24, 2.45) is 10.9 Å². The van der Waals surface area contributed by atoms with Crippen molar-refractivity contribution in [3.63, 3.8) is 0 Å². The summed E-state index contributed by atoms with van der Waals surface area (Å²) < 4.78 is 4.81. The van der Waals surface area contributed by atoms with E-state index in [9.17, 15) is 4.79 Å². The lowest BCUT2D eigenvalue weighted by Gasteiger charge is -2.03. The minimum atomic E-state index is -0.426. The average Bonchev–Trinajstić information content (AvgIpc) is 2.28. The molecule has 0 fully saturated rings. The van der Waals surface area contributed by atoms with Gasteiger partial charge in [-0.25, -0.2) is 4.79 Å². The fraction of sp³-hybridized carbons (Fsp3) is 0.200. The fourth-order valence-corrected chi connectivity index (χ4v) is 1.08. The van der Waals surface area contributed by atoms with E-state index in [4.69, 9.17) is 15.7 Å². The minimum Gasteiger partial charge on any atom is -0.462 e. The van der Waals surface area contributed by atoms with Crippen LogP contribution in [0.15, 0.2) is 29.4 Å². The molecule has 0 radical (unpaired) electrons. The van der Waals surface area contributed by atoms with Crippen molar-refractivity contribution in [3.05, 3.63) is 35.4 Å². The van der Waals surface area contributed by atoms with Crippen LogP contribution < -0.4 is 5.73 Å². The molecule has 0 aliphatic rings. The molecule has 0 bridgehead atoms. The summed E-state index contributed by atoms with van der Waals surface area (Å²) in [7, 11) is 0. The molecule has 0 saturated heterocycles. The molecule has 0 spiro atoms. The van der Waals surface area contributed by atoms with E-state index in [0.29, 0.717) is 17.7 Å². The van der Waals surface area contributed by atoms with Gasteiger partial charge in [-0.1, -0.05) is 17.3 Å². The van der Waals surface area contributed by atoms with Gasteiger partial charge < -0.3 is 15.7 Å². The summed E-state index contributed by atoms with van der Waals surface area (Å²) in [4.78, 5) is 11.3. The number of nitrogens with two attached hydrogens (primary N) is 1. The zero-order valence-electron chi connectivity index (χ0n) is 8.30. The second kappa shape index (κ2) is 4.99. The van der Waals surface area contributed by atoms with E-state index in [1.54, 1.807) is 25.1 Å². The Hall–Kier alpha value is -2.04. The van der Waals surface area contributed by atoms with Crippen molar-refractivity contribution in [1.29, 1.82) is 0 Å². The molecule has 80 valence electrons. The van der Waals surface area contributed by atoms with Crippen molar-refractivity contribution in [2.45, 2.75) is 6.92 Å². The molecule has 0 aliphatic carbocycles. The van der Waals surface area contributed by atoms with Crippen LogP contribution in [0.5, 0.6) is 0 Å². The van der Waals surface area contributed by atoms with E-state index in [2.05, 4.69) is 5.16 Å². The molecular weight excluding hydrogens is 196 g/mol. The second-order valence-corrected chi connectivity index (χ2v) is 2.79. The van der Waals surface area contributed by atoms with Crippen molar-refractivity contribution in [2.75, 3.05) is 6.61 Å². The number of rotatable bonds is 3. The van der Waals surface area contributed by atoms with Crippen molar-refractivity contribution in [1.82, 2.24) is 0 Å². The third-order valence-corrected chi connectivity index (χ3v) is 1.78. The molecule has 0 heterocycles. The molecule has 5 nitrogen and oxygen atoms in total. The van der Waals surface area contributed by atoms with Crippen molar-refractivity contribution < 1.29 is 14.7 Å². The molecular formula is C10H12N2O3. The summed E-state index contributed by atoms with van der Waals surface area (Å²) in [5.74, 6) is -0.466. The zero-order valence-corrected chi connectivity index (χ0v) is 8.30. The third-order valence-electron chi connectivity index (χ3n) is 1.78. The Kier molecular flexibility index (Phi) is 3.68. The van der Waals surface area contributed by atoms with E-state index >= 15 is 0 Å². The first-order valence-electron chi connectivity index (χ1n) is 4.44. The minimum absolute atomic E-state index is 0.0406. The number of hydrogen-bond donors (Lipinski definition) is 2. The maximum atomic E-state index is 11.3. The third kappa shape index (κ3) is 2.70. The Morgan fingerprint density at radius 2 is 2.20 bits per heavy atom. The van der Waals surface area contributed by atoms with E-state index in [0.717, 1.165) is 0 Å². The average molecular weight is 208 g/mol. The van der Waals surface area contributed by atoms with Crippen LogP contribution in [-0.2, 0) is 4.74 Å². The molecule has 5 heteroatoms. The molecule has 15 heavy (non-hydrogen) atoms. The van der Waals surface area contributed by atoms with Crippen LogP contribution in [-0.4, -0.2) is 23.6 Å². The normalized spacial score (nSPS) is 11.1. The Morgan fingerprint density at radius 1 is 1.53 bits per heavy atom. The van der Waals surface area contributed by atoms with Crippen LogP contribution in [0.4, 0.5) is 0 Å². The van der Waals surface area contributed by atoms with Crippen molar-refractivity contribution in [3.8, 4) is 0 Å². The summed E-state index contributed by atoms with van der Waals surface area (Å²) in [6.45, 7) is 2.04. The molecule has 0 amide bonds. The van der Waals surface area contributed by atoms with E-state index in [1.807, 2.05) is 0 Å². The first-order chi connectivity index (χ1) is 7.19. The van der Waals surface area contributed by atoms with Gasteiger partial charge in [0, 0.05) is 5.56 Å². The van der Waals surface area contributed by atoms with Crippen LogP contribution in [0.3, 0.4) is 0 Å². The maximum absolute atomic E-state index is 11.3. The van der Waals surface area contributed by atoms with Gasteiger partial charge in [0.05, 0.1) is 12.2 Å². The molecule has 1 aromatic carbocycles. The number of carbonyl (C=O) groups excluding carboxylic acids is 1. The highest BCUT2D eigenvalue weighted by Crippen LogP contribution is 2.06. The van der Waals surface area contributed by atoms with E-state index in [-0.39, 0.29) is 5.84 Å². The Morgan fingerprint density at radius 3 is 2.80 bits per heavy atom. The number of nitrogens with zero attached hydrogens (tertiary/aromatic N) is 1. The van der Waals surface area contributed by atoms with Gasteiger partial charge in [-0.15, -0.1) is 0 Å². The number of hydrogen-bond acceptors (Lipinski definition) is 4. The van der Waals surface area contributed by atoms with Gasteiger partial charge in [-0.3, -0.25) is 0 Å². The number of benzene rings is 1. The van der Waals surface area contributed by atoms with Gasteiger partial charge in [0.2, 0.25) is 0 Å². The highest BCUT2D eigenvalue weighted by atomic mass is 16.5. The molecule has 0 saturated carbocycles. The van der Waals surface area contributed by atoms with Gasteiger partial charge in [0.25, 0.3) is 0 Å². The van der Waals surface area contributed by atoms with Gasteiger partial charge >= 0.3 is 5.97 Å². The summed E-state index contributed by atoms with van der Waals surface area (Å²) in [5.41, 5.74) is 6.24. The van der Waals surface area contributed by atoms with E-state index < -0.39 is 5.97 Å². The van der Waals surface area contributed by atoms with Gasteiger partial charge in [0.1, 0.15) is 0 Å². The first kappa shape index (κ1) is 11.0. The van der Waals surface area contributed by atoms with Crippen molar-refractivity contribution >= 4 is 11.8 Å². The summed E-state index contributed by atoms with van der Waals surface area (Å²) in [5, 5.41) is 11.3. The first-order valence-corrected chi connectivity index (χ1v) is 4.44. The summed E-state index contributed by atoms with van der Waals surface area (Å²) in [6, 6.07) is 6.39. The molecule has 0 unspecified atom stereocenters. The SMILES string of the molecule is CCOC(=O)c1cccc(/C(N)=N\O)c1. The lowest BCUT2D eigenvalue weighted by Crippen LogP contribution is -2.14. The second-order valence-electron chi connectivity index (χ2n) is 2.79. The van der Waals surface area contributed by atoms with Crippen LogP contribution in [0.1, 0.15) is 22.8 Å². The highest BCUT2D eigenvalue weighted by Gasteiger charge is 2.08. The maximum Gasteiger partial charge on any atom is 0.338 e. The lowest BCUT2D eigenvalue weighted by atomic mass is 10.1. The smallest absolute Gasteiger partial charge is 0.338 e. The molecule has 1 aromatic rings. The van der Waals surface area contributed by atoms with Crippen LogP contribution >= 0.6 is 0 Å². The number of amidine groups is 1. The highest BCUT2D eigenvalue weighted by molar-refractivity contribution is 5.99. The Balaban J connectivity index is 2.97. The predicted molar refractivity (Wildman–Crippen MR) is 54.9 cm³/mol. The topological polar surface area (TPSA) is 84.9 Å².